The van der Waals surface area contributed by atoms with E-state index in [9.17, 15) is 8.42 Å². The Kier molecular flexibility index (Phi) is 3.52. The first-order valence-corrected chi connectivity index (χ1v) is 6.72. The molecule has 1 aliphatic rings. The summed E-state index contributed by atoms with van der Waals surface area (Å²) in [6.45, 7) is 0.852. The maximum Gasteiger partial charge on any atom is 0.282 e. The number of hydrogen-bond donors (Lipinski definition) is 0. The molecule has 16 heavy (non-hydrogen) atoms. The third-order valence-corrected chi connectivity index (χ3v) is 3.98. The molecule has 1 fully saturated rings. The summed E-state index contributed by atoms with van der Waals surface area (Å²) in [6, 6.07) is 4.81. The van der Waals surface area contributed by atoms with Crippen LogP contribution in [0.15, 0.2) is 29.4 Å². The monoisotopic (exact) mass is 242 g/mol. The molecule has 0 unspecified atom stereocenters. The van der Waals surface area contributed by atoms with Crippen molar-refractivity contribution < 1.29 is 13.3 Å². The third-order valence-electron chi connectivity index (χ3n) is 2.39. The summed E-state index contributed by atoms with van der Waals surface area (Å²) in [5.41, 5.74) is 0. The molecule has 0 atom stereocenters. The molecule has 0 aliphatic carbocycles. The second kappa shape index (κ2) is 4.90. The summed E-state index contributed by atoms with van der Waals surface area (Å²) < 4.78 is 25.2. The largest absolute Gasteiger partial charge is 0.284 e. The lowest BCUT2D eigenvalue weighted by molar-refractivity contribution is -0.0750. The van der Waals surface area contributed by atoms with E-state index in [2.05, 4.69) is 4.98 Å². The van der Waals surface area contributed by atoms with Crippen LogP contribution in [0.4, 0.5) is 0 Å². The van der Waals surface area contributed by atoms with Crippen LogP contribution >= 0.6 is 0 Å². The normalized spacial score (nSPS) is 19.2. The van der Waals surface area contributed by atoms with Crippen molar-refractivity contribution in [3.05, 3.63) is 24.4 Å². The van der Waals surface area contributed by atoms with E-state index in [1.807, 2.05) is 0 Å². The average Bonchev–Trinajstić information content (AvgIpc) is 2.59. The molecule has 1 aromatic rings. The number of hydroxylamine groups is 1. The van der Waals surface area contributed by atoms with Gasteiger partial charge >= 0.3 is 0 Å². The molecule has 0 amide bonds. The van der Waals surface area contributed by atoms with Crippen molar-refractivity contribution in [2.45, 2.75) is 24.3 Å². The molecule has 0 aromatic carbocycles. The Labute approximate surface area is 95.1 Å². The van der Waals surface area contributed by atoms with E-state index in [-0.39, 0.29) is 5.03 Å². The summed E-state index contributed by atoms with van der Waals surface area (Å²) in [5, 5.41) is 0.0388. The molecule has 0 N–H and O–H groups in total. The smallest absolute Gasteiger partial charge is 0.282 e. The summed E-state index contributed by atoms with van der Waals surface area (Å²) in [6.07, 6.45) is 4.18. The van der Waals surface area contributed by atoms with Gasteiger partial charge in [0.1, 0.15) is 0 Å². The molecule has 0 bridgehead atoms. The van der Waals surface area contributed by atoms with Gasteiger partial charge in [-0.1, -0.05) is 10.5 Å². The molecule has 0 saturated carbocycles. The van der Waals surface area contributed by atoms with Crippen LogP contribution in [0.2, 0.25) is 0 Å². The standard InChI is InChI=1S/C10H14N2O3S/c13-16(14,10-6-2-3-7-11-10)12-8-4-1-5-9-15-12/h2-3,6-7H,1,4-5,8-9H2. The first-order valence-electron chi connectivity index (χ1n) is 5.28. The molecule has 1 saturated heterocycles. The highest BCUT2D eigenvalue weighted by atomic mass is 32.2. The van der Waals surface area contributed by atoms with Crippen LogP contribution < -0.4 is 0 Å². The zero-order valence-corrected chi connectivity index (χ0v) is 9.69. The van der Waals surface area contributed by atoms with E-state index in [0.29, 0.717) is 13.2 Å². The van der Waals surface area contributed by atoms with Crippen LogP contribution in [0, 0.1) is 0 Å². The zero-order valence-electron chi connectivity index (χ0n) is 8.87. The van der Waals surface area contributed by atoms with Gasteiger partial charge in [0.25, 0.3) is 10.0 Å². The van der Waals surface area contributed by atoms with Crippen LogP contribution in [-0.4, -0.2) is 31.0 Å². The summed E-state index contributed by atoms with van der Waals surface area (Å²) in [5.74, 6) is 0. The molecular formula is C10H14N2O3S. The Morgan fingerprint density at radius 1 is 1.25 bits per heavy atom. The Hall–Kier alpha value is -0.980. The molecule has 2 rings (SSSR count). The van der Waals surface area contributed by atoms with E-state index in [1.54, 1.807) is 12.1 Å². The number of aromatic nitrogens is 1. The van der Waals surface area contributed by atoms with E-state index in [0.717, 1.165) is 23.7 Å². The fourth-order valence-corrected chi connectivity index (χ4v) is 2.78. The lowest BCUT2D eigenvalue weighted by atomic mass is 10.2. The maximum atomic E-state index is 12.1. The first kappa shape index (κ1) is 11.5. The predicted molar refractivity (Wildman–Crippen MR) is 57.9 cm³/mol. The van der Waals surface area contributed by atoms with Crippen molar-refractivity contribution in [3.8, 4) is 0 Å². The van der Waals surface area contributed by atoms with Crippen LogP contribution in [-0.2, 0) is 14.9 Å². The van der Waals surface area contributed by atoms with Gasteiger partial charge in [0.15, 0.2) is 5.03 Å². The second-order valence-electron chi connectivity index (χ2n) is 3.59. The van der Waals surface area contributed by atoms with E-state index >= 15 is 0 Å². The Morgan fingerprint density at radius 2 is 2.12 bits per heavy atom. The fraction of sp³-hybridized carbons (Fsp3) is 0.500. The number of rotatable bonds is 2. The van der Waals surface area contributed by atoms with Gasteiger partial charge in [-0.3, -0.25) is 4.84 Å². The van der Waals surface area contributed by atoms with Gasteiger partial charge in [0.2, 0.25) is 0 Å². The SMILES string of the molecule is O=S(=O)(c1ccccn1)N1CCCCCO1. The highest BCUT2D eigenvalue weighted by molar-refractivity contribution is 7.88. The van der Waals surface area contributed by atoms with Crippen molar-refractivity contribution in [2.24, 2.45) is 0 Å². The number of sulfonamides is 1. The van der Waals surface area contributed by atoms with Crippen LogP contribution in [0.25, 0.3) is 0 Å². The molecule has 2 heterocycles. The minimum atomic E-state index is -3.59. The summed E-state index contributed by atoms with van der Waals surface area (Å²) in [4.78, 5) is 9.07. The van der Waals surface area contributed by atoms with Gasteiger partial charge in [-0.15, -0.1) is 0 Å². The quantitative estimate of drug-likeness (QED) is 0.781. The molecule has 1 aromatic heterocycles. The van der Waals surface area contributed by atoms with E-state index in [4.69, 9.17) is 4.84 Å². The highest BCUT2D eigenvalue weighted by Crippen LogP contribution is 2.17. The molecule has 6 heteroatoms. The molecule has 88 valence electrons. The number of hydrogen-bond acceptors (Lipinski definition) is 4. The van der Waals surface area contributed by atoms with Crippen molar-refractivity contribution in [3.63, 3.8) is 0 Å². The fourth-order valence-electron chi connectivity index (χ4n) is 1.54. The van der Waals surface area contributed by atoms with Crippen LogP contribution in [0.3, 0.4) is 0 Å². The highest BCUT2D eigenvalue weighted by Gasteiger charge is 2.27. The Morgan fingerprint density at radius 3 is 2.88 bits per heavy atom. The minimum absolute atomic E-state index is 0.0388. The van der Waals surface area contributed by atoms with Crippen molar-refractivity contribution >= 4 is 10.0 Å². The van der Waals surface area contributed by atoms with Crippen molar-refractivity contribution in [1.29, 1.82) is 0 Å². The van der Waals surface area contributed by atoms with Gasteiger partial charge in [0, 0.05) is 12.7 Å². The Balaban J connectivity index is 2.24. The van der Waals surface area contributed by atoms with E-state index < -0.39 is 10.0 Å². The maximum absolute atomic E-state index is 12.1. The third kappa shape index (κ3) is 2.40. The van der Waals surface area contributed by atoms with Gasteiger partial charge in [-0.2, -0.15) is 0 Å². The first-order chi connectivity index (χ1) is 7.71. The minimum Gasteiger partial charge on any atom is -0.284 e. The molecule has 1 aliphatic heterocycles. The van der Waals surface area contributed by atoms with Crippen LogP contribution in [0.1, 0.15) is 19.3 Å². The molecule has 0 radical (unpaired) electrons. The molecule has 0 spiro atoms. The van der Waals surface area contributed by atoms with Gasteiger partial charge in [-0.05, 0) is 31.4 Å². The van der Waals surface area contributed by atoms with Crippen molar-refractivity contribution in [1.82, 2.24) is 9.45 Å². The Bertz CT molecular complexity index is 425. The van der Waals surface area contributed by atoms with Crippen LogP contribution in [0.5, 0.6) is 0 Å². The summed E-state index contributed by atoms with van der Waals surface area (Å²) in [7, 11) is -3.59. The van der Waals surface area contributed by atoms with Gasteiger partial charge in [-0.25, -0.2) is 13.4 Å². The topological polar surface area (TPSA) is 59.5 Å². The van der Waals surface area contributed by atoms with Gasteiger partial charge < -0.3 is 0 Å². The van der Waals surface area contributed by atoms with Crippen molar-refractivity contribution in [2.75, 3.05) is 13.2 Å². The zero-order chi connectivity index (χ0) is 11.4. The number of nitrogens with zero attached hydrogens (tertiary/aromatic N) is 2. The van der Waals surface area contributed by atoms with Gasteiger partial charge in [0.05, 0.1) is 6.61 Å². The second-order valence-corrected chi connectivity index (χ2v) is 5.37. The average molecular weight is 242 g/mol. The molecular weight excluding hydrogens is 228 g/mol. The summed E-state index contributed by atoms with van der Waals surface area (Å²) >= 11 is 0. The predicted octanol–water partition coefficient (Wildman–Crippen LogP) is 1.19. The lowest BCUT2D eigenvalue weighted by Gasteiger charge is -2.18. The molecule has 5 nitrogen and oxygen atoms in total. The van der Waals surface area contributed by atoms with E-state index in [1.165, 1.54) is 12.3 Å². The number of pyridine rings is 1. The lowest BCUT2D eigenvalue weighted by Crippen LogP contribution is -2.31.